The number of hydrogen-bond acceptors (Lipinski definition) is 7. The van der Waals surface area contributed by atoms with Gasteiger partial charge in [-0.2, -0.15) is 8.78 Å². The van der Waals surface area contributed by atoms with E-state index < -0.39 is 41.0 Å². The Morgan fingerprint density at radius 1 is 1.29 bits per heavy atom. The summed E-state index contributed by atoms with van der Waals surface area (Å²) in [6.45, 7) is 1.96. The van der Waals surface area contributed by atoms with E-state index in [0.717, 1.165) is 19.2 Å². The average molecular weight is 367 g/mol. The minimum atomic E-state index is -5.04. The fourth-order valence-electron chi connectivity index (χ4n) is 1.87. The van der Waals surface area contributed by atoms with Crippen molar-refractivity contribution in [2.75, 3.05) is 20.3 Å². The van der Waals surface area contributed by atoms with E-state index in [9.17, 15) is 28.3 Å². The van der Waals surface area contributed by atoms with E-state index in [2.05, 4.69) is 13.8 Å². The predicted octanol–water partition coefficient (Wildman–Crippen LogP) is 3.70. The zero-order chi connectivity index (χ0) is 18.5. The molecule has 0 aliphatic heterocycles. The molecule has 0 saturated carbocycles. The van der Waals surface area contributed by atoms with Gasteiger partial charge in [-0.3, -0.25) is 14.7 Å². The molecule has 0 unspecified atom stereocenters. The number of alkyl halides is 2. The molecule has 0 aliphatic carbocycles. The average Bonchev–Trinajstić information content (AvgIpc) is 2.53. The number of hydrogen-bond donors (Lipinski definition) is 0. The van der Waals surface area contributed by atoms with Crippen molar-refractivity contribution in [3.63, 3.8) is 0 Å². The Labute approximate surface area is 136 Å². The fraction of sp³-hybridized carbons (Fsp3) is 0.462. The van der Waals surface area contributed by atoms with E-state index in [4.69, 9.17) is 0 Å². The lowest BCUT2D eigenvalue weighted by molar-refractivity contribution is -0.385. The van der Waals surface area contributed by atoms with Crippen molar-refractivity contribution >= 4 is 19.3 Å². The summed E-state index contributed by atoms with van der Waals surface area (Å²) in [4.78, 5) is 21.6. The minimum absolute atomic E-state index is 0.352. The van der Waals surface area contributed by atoms with Crippen LogP contribution in [0.1, 0.15) is 29.8 Å². The maximum absolute atomic E-state index is 14.8. The molecule has 0 fully saturated rings. The molecule has 0 radical (unpaired) electrons. The van der Waals surface area contributed by atoms with Crippen LogP contribution >= 0.6 is 7.60 Å². The number of rotatable bonds is 8. The number of esters is 1. The normalized spacial score (nSPS) is 12.0. The third-order valence-corrected chi connectivity index (χ3v) is 5.01. The first-order valence-corrected chi connectivity index (χ1v) is 8.33. The van der Waals surface area contributed by atoms with Crippen molar-refractivity contribution in [1.82, 2.24) is 0 Å². The van der Waals surface area contributed by atoms with Gasteiger partial charge in [0, 0.05) is 12.1 Å². The molecule has 8 nitrogen and oxygen atoms in total. The van der Waals surface area contributed by atoms with Crippen LogP contribution in [-0.2, 0) is 24.0 Å². The number of methoxy groups -OCH3 is 1. The lowest BCUT2D eigenvalue weighted by Crippen LogP contribution is -2.22. The third-order valence-electron chi connectivity index (χ3n) is 2.89. The lowest BCUT2D eigenvalue weighted by Gasteiger charge is -2.26. The van der Waals surface area contributed by atoms with Crippen LogP contribution in [0.3, 0.4) is 0 Å². The Balaban J connectivity index is 3.64. The zero-order valence-corrected chi connectivity index (χ0v) is 14.0. The summed E-state index contributed by atoms with van der Waals surface area (Å²) in [7, 11) is -4.08. The molecule has 0 atom stereocenters. The van der Waals surface area contributed by atoms with E-state index in [1.54, 1.807) is 0 Å². The summed E-state index contributed by atoms with van der Waals surface area (Å²) >= 11 is 0. The summed E-state index contributed by atoms with van der Waals surface area (Å²) in [6.07, 6.45) is 0. The van der Waals surface area contributed by atoms with Gasteiger partial charge in [0.05, 0.1) is 36.4 Å². The van der Waals surface area contributed by atoms with Crippen LogP contribution < -0.4 is 0 Å². The maximum atomic E-state index is 14.8. The Hall–Kier alpha value is -1.90. The smallest absolute Gasteiger partial charge is 0.404 e. The second-order valence-electron chi connectivity index (χ2n) is 4.35. The van der Waals surface area contributed by atoms with Gasteiger partial charge in [0.2, 0.25) is 0 Å². The topological polar surface area (TPSA) is 105 Å². The number of nitrogens with zero attached hydrogens (tertiary/aromatic N) is 1. The molecule has 1 aromatic rings. The number of nitro benzene ring substituents is 1. The van der Waals surface area contributed by atoms with Gasteiger partial charge in [0.15, 0.2) is 0 Å². The van der Waals surface area contributed by atoms with Crippen LogP contribution in [-0.4, -0.2) is 31.2 Å². The van der Waals surface area contributed by atoms with Crippen molar-refractivity contribution < 1.29 is 36.8 Å². The highest BCUT2D eigenvalue weighted by Gasteiger charge is 2.56. The van der Waals surface area contributed by atoms with Gasteiger partial charge in [-0.25, -0.2) is 4.79 Å². The first kappa shape index (κ1) is 20.1. The van der Waals surface area contributed by atoms with E-state index in [-0.39, 0.29) is 13.2 Å². The summed E-state index contributed by atoms with van der Waals surface area (Å²) in [5, 5.41) is 10.8. The molecule has 1 aromatic carbocycles. The molecule has 0 aromatic heterocycles. The summed E-state index contributed by atoms with van der Waals surface area (Å²) in [5.41, 5.74) is -6.84. The highest BCUT2D eigenvalue weighted by Crippen LogP contribution is 2.67. The van der Waals surface area contributed by atoms with Gasteiger partial charge >= 0.3 is 19.2 Å². The van der Waals surface area contributed by atoms with E-state index in [1.807, 2.05) is 0 Å². The third kappa shape index (κ3) is 3.77. The SMILES string of the molecule is CCOP(=O)(OCC)C(F)(F)c1cc([N+](=O)[O-])ccc1C(=O)OC. The Morgan fingerprint density at radius 2 is 1.83 bits per heavy atom. The molecule has 1 rings (SSSR count). The molecule has 0 bridgehead atoms. The largest absolute Gasteiger partial charge is 0.465 e. The molecule has 0 N–H and O–H groups in total. The summed E-state index contributed by atoms with van der Waals surface area (Å²) in [5.74, 6) is -1.17. The van der Waals surface area contributed by atoms with Crippen LogP contribution in [0.25, 0.3) is 0 Å². The van der Waals surface area contributed by atoms with Gasteiger partial charge in [-0.1, -0.05) is 0 Å². The predicted molar refractivity (Wildman–Crippen MR) is 79.2 cm³/mol. The first-order valence-electron chi connectivity index (χ1n) is 6.78. The number of halogens is 2. The van der Waals surface area contributed by atoms with E-state index >= 15 is 0 Å². The van der Waals surface area contributed by atoms with Gasteiger partial charge in [-0.05, 0) is 19.9 Å². The quantitative estimate of drug-likeness (QED) is 0.298. The molecule has 0 aliphatic rings. The molecule has 0 heterocycles. The Bertz CT molecular complexity index is 670. The lowest BCUT2D eigenvalue weighted by atomic mass is 10.1. The van der Waals surface area contributed by atoms with Gasteiger partial charge in [0.1, 0.15) is 0 Å². The van der Waals surface area contributed by atoms with Crippen LogP contribution in [0.4, 0.5) is 14.5 Å². The molecule has 134 valence electrons. The fourth-order valence-corrected chi connectivity index (χ4v) is 3.43. The molecule has 0 amide bonds. The number of carbonyl (C=O) groups is 1. The number of ether oxygens (including phenoxy) is 1. The summed E-state index contributed by atoms with van der Waals surface area (Å²) < 4.78 is 55.8. The number of nitro groups is 1. The monoisotopic (exact) mass is 367 g/mol. The molecule has 11 heteroatoms. The highest BCUT2D eigenvalue weighted by molar-refractivity contribution is 7.54. The van der Waals surface area contributed by atoms with Crippen LogP contribution in [0.2, 0.25) is 0 Å². The van der Waals surface area contributed by atoms with Crippen LogP contribution in [0.15, 0.2) is 18.2 Å². The molecular formula is C13H16F2NO7P. The van der Waals surface area contributed by atoms with Crippen LogP contribution in [0, 0.1) is 10.1 Å². The van der Waals surface area contributed by atoms with Crippen molar-refractivity contribution in [3.8, 4) is 0 Å². The van der Waals surface area contributed by atoms with E-state index in [1.165, 1.54) is 13.8 Å². The van der Waals surface area contributed by atoms with Crippen molar-refractivity contribution in [2.45, 2.75) is 19.5 Å². The molecule has 0 spiro atoms. The maximum Gasteiger partial charge on any atom is 0.404 e. The summed E-state index contributed by atoms with van der Waals surface area (Å²) in [6, 6.07) is 2.12. The minimum Gasteiger partial charge on any atom is -0.465 e. The van der Waals surface area contributed by atoms with Crippen molar-refractivity contribution in [2.24, 2.45) is 0 Å². The van der Waals surface area contributed by atoms with Gasteiger partial charge < -0.3 is 13.8 Å². The van der Waals surface area contributed by atoms with Crippen molar-refractivity contribution in [1.29, 1.82) is 0 Å². The van der Waals surface area contributed by atoms with Crippen LogP contribution in [0.5, 0.6) is 0 Å². The Kier molecular flexibility index (Phi) is 6.53. The van der Waals surface area contributed by atoms with E-state index in [0.29, 0.717) is 6.07 Å². The first-order chi connectivity index (χ1) is 11.1. The van der Waals surface area contributed by atoms with Gasteiger partial charge in [-0.15, -0.1) is 0 Å². The van der Waals surface area contributed by atoms with Crippen molar-refractivity contribution in [3.05, 3.63) is 39.4 Å². The van der Waals surface area contributed by atoms with Gasteiger partial charge in [0.25, 0.3) is 5.69 Å². The second-order valence-corrected chi connectivity index (χ2v) is 6.43. The molecule has 0 saturated heterocycles. The highest BCUT2D eigenvalue weighted by atomic mass is 31.2. The number of benzene rings is 1. The number of non-ortho nitro benzene ring substituents is 1. The second kappa shape index (κ2) is 7.78. The number of carbonyl (C=O) groups excluding carboxylic acids is 1. The zero-order valence-electron chi connectivity index (χ0n) is 13.2. The molecule has 24 heavy (non-hydrogen) atoms. The Morgan fingerprint density at radius 3 is 2.25 bits per heavy atom. The standard InChI is InChI=1S/C13H16F2NO7P/c1-4-22-24(20,23-5-2)13(14,15)11-8-9(16(18)19)6-7-10(11)12(17)21-3/h6-8H,4-5H2,1-3H3. The molecular weight excluding hydrogens is 351 g/mol.